The summed E-state index contributed by atoms with van der Waals surface area (Å²) in [5, 5.41) is 0.157. The Morgan fingerprint density at radius 1 is 1.03 bits per heavy atom. The number of aldehydes is 1. The van der Waals surface area contributed by atoms with Crippen LogP contribution in [0.2, 0.25) is 5.02 Å². The highest BCUT2D eigenvalue weighted by Crippen LogP contribution is 2.31. The second-order valence-corrected chi connectivity index (χ2v) is 8.05. The van der Waals surface area contributed by atoms with Crippen molar-refractivity contribution in [3.8, 4) is 5.75 Å². The van der Waals surface area contributed by atoms with Crippen molar-refractivity contribution in [2.24, 2.45) is 0 Å². The smallest absolute Gasteiger partial charge is 0.150 e. The number of ether oxygens (including phenoxy) is 1. The molecule has 0 aliphatic carbocycles. The maximum Gasteiger partial charge on any atom is 0.150 e. The molecule has 1 unspecified atom stereocenters. The average Bonchev–Trinajstić information content (AvgIpc) is 2.75. The van der Waals surface area contributed by atoms with Crippen molar-refractivity contribution in [3.63, 3.8) is 0 Å². The fourth-order valence-electron chi connectivity index (χ4n) is 3.58. The molecule has 3 rings (SSSR count). The summed E-state index contributed by atoms with van der Waals surface area (Å²) in [7, 11) is 0. The molecule has 0 aliphatic rings. The van der Waals surface area contributed by atoms with Gasteiger partial charge in [0.2, 0.25) is 0 Å². The molecule has 0 amide bonds. The van der Waals surface area contributed by atoms with Crippen molar-refractivity contribution in [2.75, 3.05) is 6.61 Å². The van der Waals surface area contributed by atoms with Gasteiger partial charge in [0.1, 0.15) is 17.9 Å². The summed E-state index contributed by atoms with van der Waals surface area (Å²) >= 11 is 6.05. The minimum Gasteiger partial charge on any atom is -0.494 e. The van der Waals surface area contributed by atoms with Crippen molar-refractivity contribution in [1.82, 2.24) is 0 Å². The monoisotopic (exact) mass is 424 g/mol. The Bertz CT molecular complexity index is 998. The summed E-state index contributed by atoms with van der Waals surface area (Å²) in [6.45, 7) is 4.70. The van der Waals surface area contributed by atoms with Gasteiger partial charge in [0, 0.05) is 5.56 Å². The van der Waals surface area contributed by atoms with Gasteiger partial charge in [-0.25, -0.2) is 4.39 Å². The lowest BCUT2D eigenvalue weighted by Gasteiger charge is -2.20. The summed E-state index contributed by atoms with van der Waals surface area (Å²) < 4.78 is 20.5. The lowest BCUT2D eigenvalue weighted by atomic mass is 9.87. The fraction of sp³-hybridized carbons (Fsp3) is 0.269. The lowest BCUT2D eigenvalue weighted by Crippen LogP contribution is -2.09. The number of aryl methyl sites for hydroxylation is 2. The van der Waals surface area contributed by atoms with Crippen LogP contribution in [0.3, 0.4) is 0 Å². The zero-order valence-electron chi connectivity index (χ0n) is 17.3. The zero-order valence-corrected chi connectivity index (χ0v) is 18.1. The Kier molecular flexibility index (Phi) is 7.64. The highest BCUT2D eigenvalue weighted by Gasteiger charge is 2.18. The van der Waals surface area contributed by atoms with Crippen LogP contribution in [-0.4, -0.2) is 12.9 Å². The Balaban J connectivity index is 1.69. The number of carbonyl (C=O) groups is 1. The van der Waals surface area contributed by atoms with E-state index in [0.29, 0.717) is 17.7 Å². The normalized spacial score (nSPS) is 11.9. The topological polar surface area (TPSA) is 26.3 Å². The third-order valence-corrected chi connectivity index (χ3v) is 5.75. The number of halogens is 2. The second-order valence-electron chi connectivity index (χ2n) is 7.64. The van der Waals surface area contributed by atoms with Gasteiger partial charge in [-0.2, -0.15) is 0 Å². The van der Waals surface area contributed by atoms with Crippen molar-refractivity contribution in [2.45, 2.75) is 39.0 Å². The van der Waals surface area contributed by atoms with Gasteiger partial charge < -0.3 is 4.74 Å². The molecule has 0 aliphatic heterocycles. The van der Waals surface area contributed by atoms with Crippen molar-refractivity contribution >= 4 is 17.9 Å². The molecular weight excluding hydrogens is 399 g/mol. The second kappa shape index (κ2) is 10.4. The molecule has 3 aromatic rings. The zero-order chi connectivity index (χ0) is 21.5. The molecule has 0 spiro atoms. The molecular formula is C26H26ClFO2. The predicted octanol–water partition coefficient (Wildman–Crippen LogP) is 7.09. The molecule has 30 heavy (non-hydrogen) atoms. The van der Waals surface area contributed by atoms with Crippen molar-refractivity contribution in [1.29, 1.82) is 0 Å². The van der Waals surface area contributed by atoms with Gasteiger partial charge in [0.25, 0.3) is 0 Å². The van der Waals surface area contributed by atoms with Crippen LogP contribution in [0, 0.1) is 19.7 Å². The molecule has 1 atom stereocenters. The first-order chi connectivity index (χ1) is 14.5. The highest BCUT2D eigenvalue weighted by molar-refractivity contribution is 6.30. The van der Waals surface area contributed by atoms with Crippen molar-refractivity contribution in [3.05, 3.63) is 99.3 Å². The molecule has 0 bridgehead atoms. The first kappa shape index (κ1) is 22.0. The fourth-order valence-corrected chi connectivity index (χ4v) is 3.76. The predicted molar refractivity (Wildman–Crippen MR) is 120 cm³/mol. The Labute approximate surface area is 182 Å². The van der Waals surface area contributed by atoms with Gasteiger partial charge >= 0.3 is 0 Å². The van der Waals surface area contributed by atoms with E-state index in [9.17, 15) is 9.18 Å². The van der Waals surface area contributed by atoms with Crippen LogP contribution >= 0.6 is 11.6 Å². The lowest BCUT2D eigenvalue weighted by molar-refractivity contribution is 0.112. The number of hydrogen-bond acceptors (Lipinski definition) is 2. The standard InChI is InChI=1S/C26H26ClFO2/c1-18-8-9-21(15-19(18)2)16-22(24-6-3-7-25(27)26(24)28)5-4-14-30-23-12-10-20(17-29)11-13-23/h3,6-13,15,17,22H,4-5,14,16H2,1-2H3. The van der Waals surface area contributed by atoms with Gasteiger partial charge in [-0.15, -0.1) is 0 Å². The number of rotatable bonds is 9. The van der Waals surface area contributed by atoms with Crippen LogP contribution in [0.4, 0.5) is 4.39 Å². The van der Waals surface area contributed by atoms with Gasteiger partial charge in [0.15, 0.2) is 0 Å². The van der Waals surface area contributed by atoms with Crippen molar-refractivity contribution < 1.29 is 13.9 Å². The third kappa shape index (κ3) is 5.70. The van der Waals surface area contributed by atoms with Crippen LogP contribution in [0.5, 0.6) is 5.75 Å². The SMILES string of the molecule is Cc1ccc(CC(CCCOc2ccc(C=O)cc2)c2cccc(Cl)c2F)cc1C. The van der Waals surface area contributed by atoms with E-state index in [1.54, 1.807) is 36.4 Å². The third-order valence-electron chi connectivity index (χ3n) is 5.46. The molecule has 3 aromatic carbocycles. The first-order valence-electron chi connectivity index (χ1n) is 10.2. The summed E-state index contributed by atoms with van der Waals surface area (Å²) in [4.78, 5) is 10.7. The van der Waals surface area contributed by atoms with Crippen LogP contribution in [0.15, 0.2) is 60.7 Å². The number of hydrogen-bond donors (Lipinski definition) is 0. The van der Waals surface area contributed by atoms with Gasteiger partial charge in [-0.3, -0.25) is 4.79 Å². The summed E-state index contributed by atoms with van der Waals surface area (Å²) in [5.41, 5.74) is 4.94. The van der Waals surface area contributed by atoms with E-state index in [4.69, 9.17) is 16.3 Å². The van der Waals surface area contributed by atoms with E-state index in [0.717, 1.165) is 31.3 Å². The average molecular weight is 425 g/mol. The molecule has 0 aromatic heterocycles. The summed E-state index contributed by atoms with van der Waals surface area (Å²) in [6, 6.07) is 18.6. The van der Waals surface area contributed by atoms with E-state index < -0.39 is 0 Å². The quantitative estimate of drug-likeness (QED) is 0.270. The maximum absolute atomic E-state index is 14.8. The molecule has 0 heterocycles. The molecule has 4 heteroatoms. The molecule has 0 N–H and O–H groups in total. The van der Waals surface area contributed by atoms with Crippen LogP contribution < -0.4 is 4.74 Å². The van der Waals surface area contributed by atoms with Crippen LogP contribution in [-0.2, 0) is 6.42 Å². The molecule has 0 saturated heterocycles. The summed E-state index contributed by atoms with van der Waals surface area (Å²) in [5.74, 6) is 0.394. The van der Waals surface area contributed by atoms with E-state index in [-0.39, 0.29) is 16.8 Å². The van der Waals surface area contributed by atoms with Gasteiger partial charge in [-0.05, 0) is 91.6 Å². The van der Waals surface area contributed by atoms with E-state index >= 15 is 0 Å². The van der Waals surface area contributed by atoms with E-state index in [1.807, 2.05) is 6.07 Å². The summed E-state index contributed by atoms with van der Waals surface area (Å²) in [6.07, 6.45) is 3.10. The Morgan fingerprint density at radius 3 is 2.50 bits per heavy atom. The largest absolute Gasteiger partial charge is 0.494 e. The first-order valence-corrected chi connectivity index (χ1v) is 10.5. The van der Waals surface area contributed by atoms with E-state index in [1.165, 1.54) is 16.7 Å². The minimum atomic E-state index is -0.335. The molecule has 0 radical (unpaired) electrons. The molecule has 0 saturated carbocycles. The van der Waals surface area contributed by atoms with Gasteiger partial charge in [-0.1, -0.05) is 41.9 Å². The minimum absolute atomic E-state index is 0.00634. The Hall–Kier alpha value is -2.65. The molecule has 0 fully saturated rings. The van der Waals surface area contributed by atoms with Crippen LogP contribution in [0.25, 0.3) is 0 Å². The number of benzene rings is 3. The Morgan fingerprint density at radius 2 is 1.80 bits per heavy atom. The number of carbonyl (C=O) groups excluding carboxylic acids is 1. The highest BCUT2D eigenvalue weighted by atomic mass is 35.5. The van der Waals surface area contributed by atoms with E-state index in [2.05, 4.69) is 32.0 Å². The molecule has 2 nitrogen and oxygen atoms in total. The molecule has 156 valence electrons. The van der Waals surface area contributed by atoms with Gasteiger partial charge in [0.05, 0.1) is 11.6 Å². The maximum atomic E-state index is 14.8. The van der Waals surface area contributed by atoms with Crippen LogP contribution in [0.1, 0.15) is 51.4 Å².